The molecule has 0 atom stereocenters. The average Bonchev–Trinajstić information content (AvgIpc) is 2.19. The van der Waals surface area contributed by atoms with E-state index in [-0.39, 0.29) is 16.6 Å². The first kappa shape index (κ1) is 11.8. The molecule has 0 fully saturated rings. The second kappa shape index (κ2) is 4.98. The van der Waals surface area contributed by atoms with Gasteiger partial charge in [-0.1, -0.05) is 17.7 Å². The SMILES string of the molecule is C=CCN(c1nc[nH]c(=O)c1Cl)C(C)C. The second-order valence-corrected chi connectivity index (χ2v) is 3.78. The molecule has 0 spiro atoms. The maximum atomic E-state index is 11.3. The summed E-state index contributed by atoms with van der Waals surface area (Å²) in [5.74, 6) is 0.496. The van der Waals surface area contributed by atoms with E-state index in [0.29, 0.717) is 12.4 Å². The summed E-state index contributed by atoms with van der Waals surface area (Å²) in [7, 11) is 0. The first-order valence-electron chi connectivity index (χ1n) is 4.68. The Labute approximate surface area is 93.6 Å². The van der Waals surface area contributed by atoms with Crippen LogP contribution in [-0.2, 0) is 0 Å². The zero-order chi connectivity index (χ0) is 11.4. The predicted molar refractivity (Wildman–Crippen MR) is 62.5 cm³/mol. The van der Waals surface area contributed by atoms with Gasteiger partial charge in [-0.05, 0) is 13.8 Å². The fraction of sp³-hybridized carbons (Fsp3) is 0.400. The standard InChI is InChI=1S/C10H14ClN3O/c1-4-5-14(7(2)3)9-8(11)10(15)13-6-12-9/h4,6-7H,1,5H2,2-3H3,(H,12,13,15). The molecule has 0 aromatic carbocycles. The molecule has 15 heavy (non-hydrogen) atoms. The van der Waals surface area contributed by atoms with E-state index in [1.165, 1.54) is 6.33 Å². The first-order valence-corrected chi connectivity index (χ1v) is 5.06. The van der Waals surface area contributed by atoms with Gasteiger partial charge in [-0.2, -0.15) is 0 Å². The van der Waals surface area contributed by atoms with Gasteiger partial charge in [0.2, 0.25) is 0 Å². The van der Waals surface area contributed by atoms with Gasteiger partial charge in [0.25, 0.3) is 5.56 Å². The Morgan fingerprint density at radius 2 is 2.40 bits per heavy atom. The van der Waals surface area contributed by atoms with E-state index in [4.69, 9.17) is 11.6 Å². The van der Waals surface area contributed by atoms with Crippen LogP contribution in [0.2, 0.25) is 5.02 Å². The van der Waals surface area contributed by atoms with Gasteiger partial charge in [0.05, 0.1) is 6.33 Å². The fourth-order valence-corrected chi connectivity index (χ4v) is 1.47. The van der Waals surface area contributed by atoms with Gasteiger partial charge in [-0.25, -0.2) is 4.98 Å². The Kier molecular flexibility index (Phi) is 3.91. The lowest BCUT2D eigenvalue weighted by Gasteiger charge is -2.26. The van der Waals surface area contributed by atoms with E-state index in [2.05, 4.69) is 16.5 Å². The molecule has 82 valence electrons. The highest BCUT2D eigenvalue weighted by molar-refractivity contribution is 6.32. The highest BCUT2D eigenvalue weighted by Crippen LogP contribution is 2.20. The minimum Gasteiger partial charge on any atom is -0.349 e. The summed E-state index contributed by atoms with van der Waals surface area (Å²) >= 11 is 5.89. The van der Waals surface area contributed by atoms with Gasteiger partial charge >= 0.3 is 0 Å². The molecular formula is C10H14ClN3O. The number of H-pyrrole nitrogens is 1. The maximum absolute atomic E-state index is 11.3. The van der Waals surface area contributed by atoms with Gasteiger partial charge in [-0.3, -0.25) is 4.79 Å². The van der Waals surface area contributed by atoms with Gasteiger partial charge in [0, 0.05) is 12.6 Å². The Morgan fingerprint density at radius 3 is 2.93 bits per heavy atom. The monoisotopic (exact) mass is 227 g/mol. The lowest BCUT2D eigenvalue weighted by Crippen LogP contribution is -2.33. The highest BCUT2D eigenvalue weighted by Gasteiger charge is 2.15. The number of rotatable bonds is 4. The molecule has 4 nitrogen and oxygen atoms in total. The number of hydrogen-bond donors (Lipinski definition) is 1. The molecule has 0 aliphatic heterocycles. The molecule has 5 heteroatoms. The maximum Gasteiger partial charge on any atom is 0.271 e. The van der Waals surface area contributed by atoms with Crippen molar-refractivity contribution in [3.05, 3.63) is 34.4 Å². The minimum absolute atomic E-state index is 0.119. The second-order valence-electron chi connectivity index (χ2n) is 3.40. The largest absolute Gasteiger partial charge is 0.349 e. The van der Waals surface area contributed by atoms with Gasteiger partial charge in [-0.15, -0.1) is 6.58 Å². The van der Waals surface area contributed by atoms with Gasteiger partial charge in [0.1, 0.15) is 5.02 Å². The molecule has 1 heterocycles. The molecule has 0 unspecified atom stereocenters. The quantitative estimate of drug-likeness (QED) is 0.799. The lowest BCUT2D eigenvalue weighted by atomic mass is 10.3. The molecule has 1 aromatic heterocycles. The van der Waals surface area contributed by atoms with E-state index in [0.717, 1.165) is 0 Å². The van der Waals surface area contributed by atoms with Crippen molar-refractivity contribution in [1.29, 1.82) is 0 Å². The normalized spacial score (nSPS) is 10.4. The third-order valence-corrected chi connectivity index (χ3v) is 2.34. The van der Waals surface area contributed by atoms with Crippen LogP contribution in [0.15, 0.2) is 23.8 Å². The molecule has 0 aliphatic carbocycles. The third kappa shape index (κ3) is 2.59. The molecule has 0 saturated heterocycles. The van der Waals surface area contributed by atoms with Crippen LogP contribution < -0.4 is 10.5 Å². The summed E-state index contributed by atoms with van der Waals surface area (Å²) in [5.41, 5.74) is -0.323. The van der Waals surface area contributed by atoms with E-state index in [9.17, 15) is 4.79 Å². The van der Waals surface area contributed by atoms with E-state index >= 15 is 0 Å². The van der Waals surface area contributed by atoms with Crippen LogP contribution in [0.4, 0.5) is 5.82 Å². The smallest absolute Gasteiger partial charge is 0.271 e. The number of anilines is 1. The van der Waals surface area contributed by atoms with Crippen LogP contribution in [0.3, 0.4) is 0 Å². The molecule has 0 aliphatic rings. The molecule has 1 rings (SSSR count). The summed E-state index contributed by atoms with van der Waals surface area (Å²) in [4.78, 5) is 19.7. The van der Waals surface area contributed by atoms with Crippen molar-refractivity contribution in [2.75, 3.05) is 11.4 Å². The molecule has 1 N–H and O–H groups in total. The zero-order valence-electron chi connectivity index (χ0n) is 8.83. The Balaban J connectivity index is 3.16. The first-order chi connectivity index (χ1) is 7.07. The third-order valence-electron chi connectivity index (χ3n) is 2.00. The van der Waals surface area contributed by atoms with Crippen molar-refractivity contribution >= 4 is 17.4 Å². The summed E-state index contributed by atoms with van der Waals surface area (Å²) in [6.45, 7) is 8.27. The Morgan fingerprint density at radius 1 is 1.73 bits per heavy atom. The Hall–Kier alpha value is -1.29. The summed E-state index contributed by atoms with van der Waals surface area (Å²) < 4.78 is 0. The summed E-state index contributed by atoms with van der Waals surface area (Å²) in [5, 5.41) is 0.119. The van der Waals surface area contributed by atoms with Crippen LogP contribution in [-0.4, -0.2) is 22.6 Å². The lowest BCUT2D eigenvalue weighted by molar-refractivity contribution is 0.710. The van der Waals surface area contributed by atoms with Crippen molar-refractivity contribution in [1.82, 2.24) is 9.97 Å². The number of aromatic amines is 1. The number of nitrogens with one attached hydrogen (secondary N) is 1. The van der Waals surface area contributed by atoms with Crippen LogP contribution in [0.5, 0.6) is 0 Å². The average molecular weight is 228 g/mol. The summed E-state index contributed by atoms with van der Waals surface area (Å²) in [6, 6.07) is 0.204. The number of hydrogen-bond acceptors (Lipinski definition) is 3. The van der Waals surface area contributed by atoms with E-state index < -0.39 is 0 Å². The van der Waals surface area contributed by atoms with Crippen molar-refractivity contribution in [3.8, 4) is 0 Å². The predicted octanol–water partition coefficient (Wildman–Crippen LogP) is 1.82. The topological polar surface area (TPSA) is 49.0 Å². The molecule has 0 amide bonds. The van der Waals surface area contributed by atoms with Gasteiger partial charge < -0.3 is 9.88 Å². The fourth-order valence-electron chi connectivity index (χ4n) is 1.25. The number of aromatic nitrogens is 2. The Bertz CT molecular complexity index is 400. The van der Waals surface area contributed by atoms with Crippen LogP contribution in [0, 0.1) is 0 Å². The summed E-state index contributed by atoms with van der Waals surface area (Å²) in [6.07, 6.45) is 3.10. The van der Waals surface area contributed by atoms with Crippen molar-refractivity contribution in [2.24, 2.45) is 0 Å². The van der Waals surface area contributed by atoms with Crippen LogP contribution in [0.25, 0.3) is 0 Å². The zero-order valence-corrected chi connectivity index (χ0v) is 9.58. The van der Waals surface area contributed by atoms with Crippen LogP contribution >= 0.6 is 11.6 Å². The van der Waals surface area contributed by atoms with Crippen molar-refractivity contribution < 1.29 is 0 Å². The minimum atomic E-state index is -0.323. The molecule has 0 bridgehead atoms. The number of nitrogens with zero attached hydrogens (tertiary/aromatic N) is 2. The molecular weight excluding hydrogens is 214 g/mol. The van der Waals surface area contributed by atoms with E-state index in [1.807, 2.05) is 18.7 Å². The number of halogens is 1. The van der Waals surface area contributed by atoms with Crippen molar-refractivity contribution in [3.63, 3.8) is 0 Å². The van der Waals surface area contributed by atoms with Crippen molar-refractivity contribution in [2.45, 2.75) is 19.9 Å². The highest BCUT2D eigenvalue weighted by atomic mass is 35.5. The molecule has 0 saturated carbocycles. The molecule has 0 radical (unpaired) electrons. The van der Waals surface area contributed by atoms with E-state index in [1.54, 1.807) is 6.08 Å². The molecule has 1 aromatic rings. The van der Waals surface area contributed by atoms with Gasteiger partial charge in [0.15, 0.2) is 5.82 Å². The van der Waals surface area contributed by atoms with Crippen LogP contribution in [0.1, 0.15) is 13.8 Å².